The first-order valence-electron chi connectivity index (χ1n) is 14.9. The number of azide groups is 1. The Morgan fingerprint density at radius 2 is 1.83 bits per heavy atom. The molecule has 0 spiro atoms. The summed E-state index contributed by atoms with van der Waals surface area (Å²) in [6.07, 6.45) is 3.13. The molecule has 240 valence electrons. The number of aliphatic hydroxyl groups excluding tert-OH is 1. The van der Waals surface area contributed by atoms with E-state index in [1.807, 2.05) is 36.4 Å². The van der Waals surface area contributed by atoms with Crippen molar-refractivity contribution in [2.24, 2.45) is 10.1 Å². The van der Waals surface area contributed by atoms with Crippen molar-refractivity contribution in [3.63, 3.8) is 0 Å². The molecule has 10 nitrogen and oxygen atoms in total. The first kappa shape index (κ1) is 32.8. The summed E-state index contributed by atoms with van der Waals surface area (Å²) < 4.78 is 40.2. The molecular formula is C35H32F2N6O4. The van der Waals surface area contributed by atoms with Crippen LogP contribution in [0.25, 0.3) is 16.5 Å². The van der Waals surface area contributed by atoms with Crippen LogP contribution in [0.2, 0.25) is 0 Å². The van der Waals surface area contributed by atoms with E-state index < -0.39 is 29.2 Å². The smallest absolute Gasteiger partial charge is 0.266 e. The van der Waals surface area contributed by atoms with E-state index in [4.69, 9.17) is 19.6 Å². The number of hydrogen-bond donors (Lipinski definition) is 3. The second kappa shape index (κ2) is 15.6. The summed E-state index contributed by atoms with van der Waals surface area (Å²) >= 11 is 0. The van der Waals surface area contributed by atoms with Crippen LogP contribution in [0.3, 0.4) is 0 Å². The molecule has 5 rings (SSSR count). The molecule has 0 unspecified atom stereocenters. The molecule has 1 amide bonds. The monoisotopic (exact) mass is 638 g/mol. The molecule has 0 aromatic heterocycles. The van der Waals surface area contributed by atoms with Gasteiger partial charge in [-0.1, -0.05) is 71.9 Å². The largest absolute Gasteiger partial charge is 0.494 e. The Bertz CT molecular complexity index is 1800. The van der Waals surface area contributed by atoms with Gasteiger partial charge in [0.2, 0.25) is 5.90 Å². The molecule has 0 radical (unpaired) electrons. The van der Waals surface area contributed by atoms with Gasteiger partial charge in [0.15, 0.2) is 11.6 Å². The topological polar surface area (TPSA) is 141 Å². The lowest BCUT2D eigenvalue weighted by Crippen LogP contribution is -2.52. The van der Waals surface area contributed by atoms with Crippen LogP contribution in [0.15, 0.2) is 113 Å². The van der Waals surface area contributed by atoms with Crippen molar-refractivity contribution in [2.75, 3.05) is 13.2 Å². The average Bonchev–Trinajstić information content (AvgIpc) is 3.48. The number of ether oxygens (including phenoxy) is 2. The van der Waals surface area contributed by atoms with Crippen LogP contribution in [-0.2, 0) is 16.1 Å². The van der Waals surface area contributed by atoms with Gasteiger partial charge in [-0.05, 0) is 53.6 Å². The summed E-state index contributed by atoms with van der Waals surface area (Å²) in [5.74, 6) is -1.13. The summed E-state index contributed by atoms with van der Waals surface area (Å²) in [5, 5.41) is 12.9. The molecule has 0 fully saturated rings. The normalized spacial score (nSPS) is 17.1. The number of nitrogens with one attached hydrogen (secondary N) is 2. The Labute approximate surface area is 270 Å². The maximum atomic E-state index is 14.3. The van der Waals surface area contributed by atoms with Crippen LogP contribution in [0.4, 0.5) is 14.5 Å². The standard InChI is InChI=1S/C35H32F2N6O4/c36-27-15-18-30(37)26(22-27)23-39-42-34(45)35(19-6-10-24-8-2-1-3-9-24)32(29-11-4-5-12-31(29)41-43-38)47-33(40-35)25-13-16-28(17-14-25)46-21-7-20-44/h1-6,8-18,22,32,39,44H,7,19-21,23H2,(H,42,45)/b10-6+/t32-,35-/m0/s1. The van der Waals surface area contributed by atoms with Crippen LogP contribution < -0.4 is 15.6 Å². The van der Waals surface area contributed by atoms with Gasteiger partial charge in [-0.3, -0.25) is 10.2 Å². The molecule has 1 aliphatic rings. The predicted octanol–water partition coefficient (Wildman–Crippen LogP) is 6.85. The van der Waals surface area contributed by atoms with Crippen LogP contribution >= 0.6 is 0 Å². The zero-order valence-electron chi connectivity index (χ0n) is 25.2. The number of hydrogen-bond acceptors (Lipinski definition) is 7. The molecule has 4 aromatic rings. The van der Waals surface area contributed by atoms with Gasteiger partial charge in [0, 0.05) is 53.3 Å². The van der Waals surface area contributed by atoms with Gasteiger partial charge in [0.25, 0.3) is 5.91 Å². The molecule has 0 saturated carbocycles. The van der Waals surface area contributed by atoms with Crippen molar-refractivity contribution in [2.45, 2.75) is 31.0 Å². The minimum Gasteiger partial charge on any atom is -0.494 e. The van der Waals surface area contributed by atoms with Gasteiger partial charge in [0.1, 0.15) is 17.4 Å². The quantitative estimate of drug-likeness (QED) is 0.0456. The van der Waals surface area contributed by atoms with Crippen LogP contribution in [0, 0.1) is 11.6 Å². The van der Waals surface area contributed by atoms with Gasteiger partial charge < -0.3 is 14.6 Å². The molecular weight excluding hydrogens is 606 g/mol. The van der Waals surface area contributed by atoms with E-state index in [1.165, 1.54) is 0 Å². The van der Waals surface area contributed by atoms with Crippen molar-refractivity contribution < 1.29 is 28.2 Å². The van der Waals surface area contributed by atoms with Crippen molar-refractivity contribution in [3.8, 4) is 5.75 Å². The first-order valence-corrected chi connectivity index (χ1v) is 14.9. The molecule has 1 heterocycles. The molecule has 3 N–H and O–H groups in total. The van der Waals surface area contributed by atoms with E-state index in [0.29, 0.717) is 29.9 Å². The fraction of sp³-hybridized carbons (Fsp3) is 0.200. The number of aliphatic hydroxyl groups is 1. The molecule has 1 aliphatic heterocycles. The number of aliphatic imine (C=N–C) groups is 1. The number of hydrazine groups is 1. The lowest BCUT2D eigenvalue weighted by atomic mass is 9.83. The van der Waals surface area contributed by atoms with E-state index in [-0.39, 0.29) is 36.7 Å². The zero-order valence-corrected chi connectivity index (χ0v) is 25.2. The maximum Gasteiger partial charge on any atom is 0.266 e. The lowest BCUT2D eigenvalue weighted by molar-refractivity contribution is -0.129. The van der Waals surface area contributed by atoms with E-state index in [0.717, 1.165) is 23.8 Å². The van der Waals surface area contributed by atoms with Gasteiger partial charge in [-0.2, -0.15) is 0 Å². The SMILES string of the molecule is [N-]=[N+]=Nc1ccccc1[C@@H]1OC(c2ccc(OCCCO)cc2)=N[C@]1(C/C=C/c1ccccc1)C(=O)NNCc1cc(F)ccc1F. The Kier molecular flexibility index (Phi) is 10.9. The molecule has 47 heavy (non-hydrogen) atoms. The summed E-state index contributed by atoms with van der Waals surface area (Å²) in [4.78, 5) is 22.1. The fourth-order valence-corrected chi connectivity index (χ4v) is 5.09. The Hall–Kier alpha value is -5.55. The van der Waals surface area contributed by atoms with E-state index in [1.54, 1.807) is 54.6 Å². The molecule has 12 heteroatoms. The van der Waals surface area contributed by atoms with Crippen molar-refractivity contribution >= 4 is 23.6 Å². The third-order valence-electron chi connectivity index (χ3n) is 7.43. The van der Waals surface area contributed by atoms with Crippen molar-refractivity contribution in [3.05, 3.63) is 147 Å². The second-order valence-electron chi connectivity index (χ2n) is 10.6. The lowest BCUT2D eigenvalue weighted by Gasteiger charge is -2.30. The van der Waals surface area contributed by atoms with Crippen LogP contribution in [-0.4, -0.2) is 35.7 Å². The number of benzene rings is 4. The van der Waals surface area contributed by atoms with Gasteiger partial charge in [-0.25, -0.2) is 19.2 Å². The van der Waals surface area contributed by atoms with E-state index in [9.17, 15) is 19.1 Å². The number of rotatable bonds is 14. The van der Waals surface area contributed by atoms with Gasteiger partial charge >= 0.3 is 0 Å². The third-order valence-corrected chi connectivity index (χ3v) is 7.43. The summed E-state index contributed by atoms with van der Waals surface area (Å²) in [6.45, 7) is 0.145. The summed E-state index contributed by atoms with van der Waals surface area (Å²) in [5.41, 5.74) is 15.1. The fourth-order valence-electron chi connectivity index (χ4n) is 5.09. The third kappa shape index (κ3) is 8.00. The highest BCUT2D eigenvalue weighted by Gasteiger charge is 2.53. The Morgan fingerprint density at radius 3 is 2.60 bits per heavy atom. The van der Waals surface area contributed by atoms with E-state index in [2.05, 4.69) is 20.9 Å². The Balaban J connectivity index is 1.54. The summed E-state index contributed by atoms with van der Waals surface area (Å²) in [7, 11) is 0. The second-order valence-corrected chi connectivity index (χ2v) is 10.6. The number of nitrogens with zero attached hydrogens (tertiary/aromatic N) is 4. The number of carbonyl (C=O) groups is 1. The van der Waals surface area contributed by atoms with Gasteiger partial charge in [-0.15, -0.1) is 0 Å². The van der Waals surface area contributed by atoms with Crippen LogP contribution in [0.5, 0.6) is 5.75 Å². The van der Waals surface area contributed by atoms with Gasteiger partial charge in [0.05, 0.1) is 6.61 Å². The van der Waals surface area contributed by atoms with E-state index >= 15 is 0 Å². The molecule has 0 bridgehead atoms. The number of carbonyl (C=O) groups excluding carboxylic acids is 1. The molecule has 4 aromatic carbocycles. The molecule has 0 aliphatic carbocycles. The van der Waals surface area contributed by atoms with Crippen molar-refractivity contribution in [1.82, 2.24) is 10.9 Å². The minimum absolute atomic E-state index is 0.0103. The maximum absolute atomic E-state index is 14.3. The highest BCUT2D eigenvalue weighted by atomic mass is 19.1. The highest BCUT2D eigenvalue weighted by Crippen LogP contribution is 2.45. The average molecular weight is 639 g/mol. The number of halogens is 2. The highest BCUT2D eigenvalue weighted by molar-refractivity contribution is 6.01. The van der Waals surface area contributed by atoms with Crippen molar-refractivity contribution in [1.29, 1.82) is 0 Å². The zero-order chi connectivity index (χ0) is 33.1. The predicted molar refractivity (Wildman–Crippen MR) is 173 cm³/mol. The summed E-state index contributed by atoms with van der Waals surface area (Å²) in [6, 6.07) is 26.2. The Morgan fingerprint density at radius 1 is 1.06 bits per heavy atom. The first-order chi connectivity index (χ1) is 22.9. The molecule has 2 atom stereocenters. The number of amides is 1. The molecule has 0 saturated heterocycles. The van der Waals surface area contributed by atoms with Crippen LogP contribution in [0.1, 0.15) is 41.2 Å². The minimum atomic E-state index is -1.65.